The minimum atomic E-state index is 0.321. The van der Waals surface area contributed by atoms with Crippen molar-refractivity contribution in [3.05, 3.63) is 18.2 Å². The molecule has 0 amide bonds. The Kier molecular flexibility index (Phi) is 2.60. The van der Waals surface area contributed by atoms with Crippen LogP contribution in [0.3, 0.4) is 0 Å². The highest BCUT2D eigenvalue weighted by atomic mass is 16.7. The smallest absolute Gasteiger partial charge is 0.231 e. The first kappa shape index (κ1) is 9.82. The summed E-state index contributed by atoms with van der Waals surface area (Å²) in [4.78, 5) is 0. The fourth-order valence-corrected chi connectivity index (χ4v) is 2.36. The lowest BCUT2D eigenvalue weighted by Crippen LogP contribution is -2.07. The summed E-state index contributed by atoms with van der Waals surface area (Å²) in [5.41, 5.74) is 0. The Morgan fingerprint density at radius 2 is 1.94 bits per heavy atom. The molecule has 0 spiro atoms. The molecule has 0 unspecified atom stereocenters. The van der Waals surface area contributed by atoms with E-state index in [4.69, 9.17) is 14.2 Å². The second-order valence-electron chi connectivity index (χ2n) is 4.48. The number of ether oxygens (including phenoxy) is 3. The van der Waals surface area contributed by atoms with Crippen molar-refractivity contribution in [1.29, 1.82) is 0 Å². The van der Waals surface area contributed by atoms with Crippen molar-refractivity contribution in [1.82, 2.24) is 0 Å². The predicted octanol–water partition coefficient (Wildman–Crippen LogP) is 2.98. The fraction of sp³-hybridized carbons (Fsp3) is 0.538. The summed E-state index contributed by atoms with van der Waals surface area (Å²) in [6, 6.07) is 5.77. The Labute approximate surface area is 95.3 Å². The van der Waals surface area contributed by atoms with E-state index in [0.717, 1.165) is 29.8 Å². The van der Waals surface area contributed by atoms with E-state index in [9.17, 15) is 0 Å². The van der Waals surface area contributed by atoms with Crippen molar-refractivity contribution in [3.63, 3.8) is 0 Å². The molecule has 1 saturated carbocycles. The highest BCUT2D eigenvalue weighted by molar-refractivity contribution is 5.46. The number of benzene rings is 1. The monoisotopic (exact) mass is 220 g/mol. The maximum atomic E-state index is 5.78. The van der Waals surface area contributed by atoms with E-state index in [-0.39, 0.29) is 0 Å². The van der Waals surface area contributed by atoms with Crippen LogP contribution in [0.4, 0.5) is 0 Å². The number of hydrogen-bond acceptors (Lipinski definition) is 3. The van der Waals surface area contributed by atoms with Crippen LogP contribution in [0.25, 0.3) is 0 Å². The Balaban J connectivity index is 1.61. The molecule has 1 aromatic rings. The summed E-state index contributed by atoms with van der Waals surface area (Å²) in [6.07, 6.45) is 5.33. The summed E-state index contributed by atoms with van der Waals surface area (Å²) in [6.45, 7) is 1.15. The van der Waals surface area contributed by atoms with E-state index in [2.05, 4.69) is 0 Å². The van der Waals surface area contributed by atoms with Gasteiger partial charge in [-0.2, -0.15) is 0 Å². The van der Waals surface area contributed by atoms with Gasteiger partial charge in [-0.1, -0.05) is 12.8 Å². The van der Waals surface area contributed by atoms with Gasteiger partial charge in [0, 0.05) is 6.07 Å². The molecule has 0 saturated heterocycles. The molecule has 1 heterocycles. The van der Waals surface area contributed by atoms with Gasteiger partial charge in [-0.15, -0.1) is 0 Å². The predicted molar refractivity (Wildman–Crippen MR) is 60.0 cm³/mol. The fourth-order valence-electron chi connectivity index (χ4n) is 2.36. The molecule has 86 valence electrons. The minimum absolute atomic E-state index is 0.321. The van der Waals surface area contributed by atoms with Gasteiger partial charge in [0.1, 0.15) is 5.75 Å². The Hall–Kier alpha value is -1.38. The van der Waals surface area contributed by atoms with E-state index < -0.39 is 0 Å². The molecular weight excluding hydrogens is 204 g/mol. The lowest BCUT2D eigenvalue weighted by Gasteiger charge is -2.11. The van der Waals surface area contributed by atoms with Gasteiger partial charge in [-0.3, -0.25) is 0 Å². The first-order valence-electron chi connectivity index (χ1n) is 5.94. The van der Waals surface area contributed by atoms with Crippen molar-refractivity contribution in [2.45, 2.75) is 25.7 Å². The van der Waals surface area contributed by atoms with Crippen LogP contribution in [0.5, 0.6) is 17.2 Å². The second kappa shape index (κ2) is 4.24. The van der Waals surface area contributed by atoms with Gasteiger partial charge in [0.15, 0.2) is 11.5 Å². The van der Waals surface area contributed by atoms with Crippen molar-refractivity contribution >= 4 is 0 Å². The van der Waals surface area contributed by atoms with E-state index >= 15 is 0 Å². The first-order chi connectivity index (χ1) is 7.92. The third kappa shape index (κ3) is 1.94. The second-order valence-corrected chi connectivity index (χ2v) is 4.48. The molecule has 3 rings (SSSR count). The highest BCUT2D eigenvalue weighted by Crippen LogP contribution is 2.35. The third-order valence-electron chi connectivity index (χ3n) is 3.30. The highest BCUT2D eigenvalue weighted by Gasteiger charge is 2.17. The molecule has 0 radical (unpaired) electrons. The Bertz CT molecular complexity index is 369. The Morgan fingerprint density at radius 1 is 1.12 bits per heavy atom. The van der Waals surface area contributed by atoms with Crippen LogP contribution in [-0.4, -0.2) is 13.4 Å². The van der Waals surface area contributed by atoms with Crippen LogP contribution in [0.1, 0.15) is 25.7 Å². The molecule has 3 nitrogen and oxygen atoms in total. The minimum Gasteiger partial charge on any atom is -0.493 e. The molecule has 1 fully saturated rings. The van der Waals surface area contributed by atoms with Crippen LogP contribution in [0.15, 0.2) is 18.2 Å². The van der Waals surface area contributed by atoms with Crippen LogP contribution in [0.2, 0.25) is 0 Å². The number of fused-ring (bicyclic) bond motifs is 1. The van der Waals surface area contributed by atoms with E-state index in [0.29, 0.717) is 6.79 Å². The average Bonchev–Trinajstić information content (AvgIpc) is 2.97. The normalized spacial score (nSPS) is 19.0. The quantitative estimate of drug-likeness (QED) is 0.783. The lowest BCUT2D eigenvalue weighted by atomic mass is 10.1. The van der Waals surface area contributed by atoms with E-state index in [1.165, 1.54) is 25.7 Å². The van der Waals surface area contributed by atoms with Crippen LogP contribution >= 0.6 is 0 Å². The molecule has 3 heteroatoms. The molecule has 0 N–H and O–H groups in total. The van der Waals surface area contributed by atoms with Crippen molar-refractivity contribution in [3.8, 4) is 17.2 Å². The molecule has 1 aliphatic heterocycles. The lowest BCUT2D eigenvalue weighted by molar-refractivity contribution is 0.173. The standard InChI is InChI=1S/C13H16O3/c1-2-4-10(3-1)8-14-11-5-6-12-13(7-11)16-9-15-12/h5-7,10H,1-4,8-9H2. The molecular formula is C13H16O3. The van der Waals surface area contributed by atoms with Crippen molar-refractivity contribution in [2.24, 2.45) is 5.92 Å². The zero-order chi connectivity index (χ0) is 10.8. The van der Waals surface area contributed by atoms with Gasteiger partial charge in [-0.05, 0) is 30.9 Å². The van der Waals surface area contributed by atoms with E-state index in [1.807, 2.05) is 18.2 Å². The number of rotatable bonds is 3. The molecule has 0 bridgehead atoms. The maximum absolute atomic E-state index is 5.78. The van der Waals surface area contributed by atoms with Crippen LogP contribution in [-0.2, 0) is 0 Å². The molecule has 1 aliphatic carbocycles. The topological polar surface area (TPSA) is 27.7 Å². The van der Waals surface area contributed by atoms with Gasteiger partial charge >= 0.3 is 0 Å². The van der Waals surface area contributed by atoms with E-state index in [1.54, 1.807) is 0 Å². The van der Waals surface area contributed by atoms with Crippen LogP contribution in [0, 0.1) is 5.92 Å². The molecule has 16 heavy (non-hydrogen) atoms. The SMILES string of the molecule is c1cc2c(cc1OCC1CCCC1)OCO2. The van der Waals surface area contributed by atoms with Gasteiger partial charge in [0.05, 0.1) is 6.61 Å². The summed E-state index contributed by atoms with van der Waals surface area (Å²) < 4.78 is 16.3. The zero-order valence-corrected chi connectivity index (χ0v) is 9.28. The zero-order valence-electron chi connectivity index (χ0n) is 9.28. The largest absolute Gasteiger partial charge is 0.493 e. The third-order valence-corrected chi connectivity index (χ3v) is 3.30. The van der Waals surface area contributed by atoms with Gasteiger partial charge in [0.2, 0.25) is 6.79 Å². The van der Waals surface area contributed by atoms with Crippen LogP contribution < -0.4 is 14.2 Å². The summed E-state index contributed by atoms with van der Waals surface area (Å²) in [7, 11) is 0. The maximum Gasteiger partial charge on any atom is 0.231 e. The molecule has 1 aromatic carbocycles. The van der Waals surface area contributed by atoms with Crippen molar-refractivity contribution < 1.29 is 14.2 Å². The summed E-state index contributed by atoms with van der Waals surface area (Å²) >= 11 is 0. The summed E-state index contributed by atoms with van der Waals surface area (Å²) in [5.74, 6) is 3.23. The molecule has 0 aromatic heterocycles. The molecule has 2 aliphatic rings. The average molecular weight is 220 g/mol. The summed E-state index contributed by atoms with van der Waals surface area (Å²) in [5, 5.41) is 0. The van der Waals surface area contributed by atoms with Gasteiger partial charge < -0.3 is 14.2 Å². The molecule has 0 atom stereocenters. The van der Waals surface area contributed by atoms with Gasteiger partial charge in [-0.25, -0.2) is 0 Å². The first-order valence-corrected chi connectivity index (χ1v) is 5.94. The van der Waals surface area contributed by atoms with Gasteiger partial charge in [0.25, 0.3) is 0 Å². The Morgan fingerprint density at radius 3 is 2.81 bits per heavy atom. The van der Waals surface area contributed by atoms with Crippen molar-refractivity contribution in [2.75, 3.05) is 13.4 Å². The number of hydrogen-bond donors (Lipinski definition) is 0.